The Morgan fingerprint density at radius 3 is 2.95 bits per heavy atom. The largest absolute Gasteiger partial charge is 0.494 e. The number of allylic oxidation sites excluding steroid dienone is 1. The van der Waals surface area contributed by atoms with Crippen LogP contribution in [0.1, 0.15) is 12.8 Å². The zero-order chi connectivity index (χ0) is 14.5. The van der Waals surface area contributed by atoms with Gasteiger partial charge in [-0.25, -0.2) is 0 Å². The predicted octanol–water partition coefficient (Wildman–Crippen LogP) is -0.131. The number of nitrogens with zero attached hydrogens (tertiary/aromatic N) is 1. The van der Waals surface area contributed by atoms with Crippen LogP contribution in [-0.4, -0.2) is 59.6 Å². The Morgan fingerprint density at radius 2 is 2.25 bits per heavy atom. The lowest BCUT2D eigenvalue weighted by Crippen LogP contribution is -2.46. The number of carbonyl (C=O) groups is 2. The Hall–Kier alpha value is -1.86. The highest BCUT2D eigenvalue weighted by Crippen LogP contribution is 2.18. The van der Waals surface area contributed by atoms with Crippen LogP contribution in [0.4, 0.5) is 0 Å². The van der Waals surface area contributed by atoms with Crippen LogP contribution in [0.2, 0.25) is 0 Å². The Morgan fingerprint density at radius 1 is 1.45 bits per heavy atom. The second-order valence-corrected chi connectivity index (χ2v) is 4.55. The minimum Gasteiger partial charge on any atom is -0.494 e. The molecule has 2 N–H and O–H groups in total. The number of β-amino-alcohol motifs (C(OH)–C–C–N with tert-alkyl or cyclic N) is 1. The van der Waals surface area contributed by atoms with E-state index in [0.29, 0.717) is 24.5 Å². The van der Waals surface area contributed by atoms with Crippen molar-refractivity contribution >= 4 is 11.9 Å². The molecule has 0 radical (unpaired) electrons. The number of carboxylic acids is 1. The Labute approximate surface area is 116 Å². The van der Waals surface area contributed by atoms with E-state index < -0.39 is 12.3 Å². The summed E-state index contributed by atoms with van der Waals surface area (Å²) in [4.78, 5) is 24.3. The monoisotopic (exact) mass is 283 g/mol. The molecular formula is C13H17NO6. The van der Waals surface area contributed by atoms with Crippen LogP contribution < -0.4 is 0 Å². The summed E-state index contributed by atoms with van der Waals surface area (Å²) in [6, 6.07) is 0. The van der Waals surface area contributed by atoms with Gasteiger partial charge in [0.15, 0.2) is 6.29 Å². The number of aliphatic hydroxyl groups is 1. The molecule has 2 aliphatic heterocycles. The van der Waals surface area contributed by atoms with E-state index in [9.17, 15) is 14.7 Å². The Kier molecular flexibility index (Phi) is 4.75. The zero-order valence-electron chi connectivity index (χ0n) is 10.9. The van der Waals surface area contributed by atoms with Crippen molar-refractivity contribution in [1.82, 2.24) is 4.90 Å². The van der Waals surface area contributed by atoms with Gasteiger partial charge in [0, 0.05) is 18.5 Å². The fraction of sp³-hybridized carbons (Fsp3) is 0.538. The summed E-state index contributed by atoms with van der Waals surface area (Å²) in [5, 5.41) is 18.0. The molecule has 2 heterocycles. The van der Waals surface area contributed by atoms with Gasteiger partial charge in [0.1, 0.15) is 6.61 Å². The van der Waals surface area contributed by atoms with Gasteiger partial charge in [-0.3, -0.25) is 9.59 Å². The number of amides is 1. The molecule has 0 aromatic carbocycles. The number of hydrogen-bond donors (Lipinski definition) is 2. The highest BCUT2D eigenvalue weighted by molar-refractivity contribution is 5.96. The summed E-state index contributed by atoms with van der Waals surface area (Å²) in [7, 11) is 0. The Balaban J connectivity index is 1.98. The van der Waals surface area contributed by atoms with Gasteiger partial charge in [-0.05, 0) is 12.2 Å². The van der Waals surface area contributed by atoms with Gasteiger partial charge in [-0.2, -0.15) is 0 Å². The van der Waals surface area contributed by atoms with Crippen LogP contribution in [0.25, 0.3) is 0 Å². The summed E-state index contributed by atoms with van der Waals surface area (Å²) in [6.45, 7) is 1.10. The van der Waals surface area contributed by atoms with Crippen LogP contribution in [0.5, 0.6) is 0 Å². The summed E-state index contributed by atoms with van der Waals surface area (Å²) in [5.41, 5.74) is 0.464. The van der Waals surface area contributed by atoms with Crippen molar-refractivity contribution in [3.63, 3.8) is 0 Å². The zero-order valence-corrected chi connectivity index (χ0v) is 10.9. The van der Waals surface area contributed by atoms with Crippen LogP contribution in [0.15, 0.2) is 23.5 Å². The smallest absolute Gasteiger partial charge is 0.303 e. The van der Waals surface area contributed by atoms with Crippen molar-refractivity contribution in [2.75, 3.05) is 26.3 Å². The van der Waals surface area contributed by atoms with Gasteiger partial charge in [-0.1, -0.05) is 0 Å². The molecule has 0 aromatic heterocycles. The molecule has 7 heteroatoms. The first-order chi connectivity index (χ1) is 9.56. The molecule has 0 aromatic rings. The molecular weight excluding hydrogens is 266 g/mol. The van der Waals surface area contributed by atoms with E-state index in [-0.39, 0.29) is 31.9 Å². The lowest BCUT2D eigenvalue weighted by molar-refractivity contribution is -0.161. The fourth-order valence-corrected chi connectivity index (χ4v) is 2.03. The topological polar surface area (TPSA) is 96.3 Å². The highest BCUT2D eigenvalue weighted by atomic mass is 16.6. The van der Waals surface area contributed by atoms with E-state index >= 15 is 0 Å². The minimum absolute atomic E-state index is 0.0381. The second-order valence-electron chi connectivity index (χ2n) is 4.55. The van der Waals surface area contributed by atoms with Gasteiger partial charge >= 0.3 is 5.97 Å². The number of morpholine rings is 1. The van der Waals surface area contributed by atoms with Crippen molar-refractivity contribution in [2.45, 2.75) is 19.1 Å². The standard InChI is InChI=1S/C13H17NO6/c15-11(16)2-1-10-7-9(3-5-19-10)13(18)14-4-6-20-12(17)8-14/h3,7,12,17H,1-2,4-6,8H2,(H,15,16)/t12-/m0/s1. The second kappa shape index (κ2) is 6.53. The molecule has 2 rings (SSSR count). The highest BCUT2D eigenvalue weighted by Gasteiger charge is 2.25. The van der Waals surface area contributed by atoms with Gasteiger partial charge in [0.25, 0.3) is 5.91 Å². The molecule has 1 fully saturated rings. The first-order valence-corrected chi connectivity index (χ1v) is 6.40. The van der Waals surface area contributed by atoms with Crippen LogP contribution in [0.3, 0.4) is 0 Å². The number of hydrogen-bond acceptors (Lipinski definition) is 5. The predicted molar refractivity (Wildman–Crippen MR) is 67.5 cm³/mol. The minimum atomic E-state index is -0.955. The number of carbonyl (C=O) groups excluding carboxylic acids is 1. The average Bonchev–Trinajstić information content (AvgIpc) is 2.44. The molecule has 1 saturated heterocycles. The van der Waals surface area contributed by atoms with E-state index in [1.54, 1.807) is 12.2 Å². The van der Waals surface area contributed by atoms with E-state index in [1.807, 2.05) is 0 Å². The molecule has 0 aliphatic carbocycles. The average molecular weight is 283 g/mol. The fourth-order valence-electron chi connectivity index (χ4n) is 2.03. The van der Waals surface area contributed by atoms with Crippen LogP contribution in [-0.2, 0) is 19.1 Å². The number of carboxylic acid groups (broad SMARTS) is 1. The first kappa shape index (κ1) is 14.5. The molecule has 0 saturated carbocycles. The van der Waals surface area contributed by atoms with Gasteiger partial charge < -0.3 is 24.6 Å². The molecule has 1 atom stereocenters. The van der Waals surface area contributed by atoms with Crippen molar-refractivity contribution < 1.29 is 29.3 Å². The maximum absolute atomic E-state index is 12.3. The van der Waals surface area contributed by atoms with Crippen molar-refractivity contribution in [2.24, 2.45) is 0 Å². The van der Waals surface area contributed by atoms with Crippen LogP contribution >= 0.6 is 0 Å². The van der Waals surface area contributed by atoms with Gasteiger partial charge in [0.2, 0.25) is 0 Å². The summed E-state index contributed by atoms with van der Waals surface area (Å²) < 4.78 is 10.3. The molecule has 110 valence electrons. The third-order valence-corrected chi connectivity index (χ3v) is 3.06. The first-order valence-electron chi connectivity index (χ1n) is 6.40. The molecule has 20 heavy (non-hydrogen) atoms. The normalized spacial score (nSPS) is 22.6. The van der Waals surface area contributed by atoms with Crippen molar-refractivity contribution in [1.29, 1.82) is 0 Å². The lowest BCUT2D eigenvalue weighted by atomic mass is 10.1. The quantitative estimate of drug-likeness (QED) is 0.746. The van der Waals surface area contributed by atoms with Crippen LogP contribution in [0, 0.1) is 0 Å². The van der Waals surface area contributed by atoms with Crippen molar-refractivity contribution in [3.05, 3.63) is 23.5 Å². The molecule has 1 amide bonds. The van der Waals surface area contributed by atoms with E-state index in [4.69, 9.17) is 14.6 Å². The van der Waals surface area contributed by atoms with E-state index in [2.05, 4.69) is 0 Å². The molecule has 7 nitrogen and oxygen atoms in total. The third kappa shape index (κ3) is 3.82. The number of aliphatic hydroxyl groups excluding tert-OH is 1. The molecule has 0 unspecified atom stereocenters. The number of aliphatic carboxylic acids is 1. The summed E-state index contributed by atoms with van der Waals surface area (Å²) >= 11 is 0. The van der Waals surface area contributed by atoms with E-state index in [1.165, 1.54) is 4.90 Å². The van der Waals surface area contributed by atoms with E-state index in [0.717, 1.165) is 0 Å². The number of ether oxygens (including phenoxy) is 2. The van der Waals surface area contributed by atoms with Gasteiger partial charge in [0.05, 0.1) is 25.3 Å². The van der Waals surface area contributed by atoms with Crippen molar-refractivity contribution in [3.8, 4) is 0 Å². The maximum Gasteiger partial charge on any atom is 0.303 e. The summed E-state index contributed by atoms with van der Waals surface area (Å²) in [5.74, 6) is -0.622. The third-order valence-electron chi connectivity index (χ3n) is 3.06. The molecule has 0 bridgehead atoms. The Bertz CT molecular complexity index is 456. The molecule has 0 spiro atoms. The number of rotatable bonds is 4. The lowest BCUT2D eigenvalue weighted by Gasteiger charge is -2.31. The SMILES string of the molecule is O=C(O)CCC1=CC(C(=O)N2CCO[C@H](O)C2)=CCO1. The maximum atomic E-state index is 12.3. The summed E-state index contributed by atoms with van der Waals surface area (Å²) in [6.07, 6.45) is 2.48. The van der Waals surface area contributed by atoms with Gasteiger partial charge in [-0.15, -0.1) is 0 Å². The molecule has 2 aliphatic rings.